The second kappa shape index (κ2) is 9.07. The molecule has 0 aromatic heterocycles. The van der Waals surface area contributed by atoms with Gasteiger partial charge in [-0.2, -0.15) is 0 Å². The zero-order chi connectivity index (χ0) is 17.3. The second-order valence-electron chi connectivity index (χ2n) is 5.09. The Morgan fingerprint density at radius 3 is 2.48 bits per heavy atom. The lowest BCUT2D eigenvalue weighted by molar-refractivity contribution is -0.146. The predicted octanol–water partition coefficient (Wildman–Crippen LogP) is 3.28. The van der Waals surface area contributed by atoms with Crippen molar-refractivity contribution in [2.24, 2.45) is 0 Å². The summed E-state index contributed by atoms with van der Waals surface area (Å²) in [6, 6.07) is 7.41. The summed E-state index contributed by atoms with van der Waals surface area (Å²) in [6.07, 6.45) is -1.88. The summed E-state index contributed by atoms with van der Waals surface area (Å²) in [7, 11) is 1.07. The fourth-order valence-electron chi connectivity index (χ4n) is 2.01. The average molecular weight is 329 g/mol. The van der Waals surface area contributed by atoms with Crippen molar-refractivity contribution < 1.29 is 27.8 Å². The summed E-state index contributed by atoms with van der Waals surface area (Å²) < 4.78 is 36.7. The Balaban J connectivity index is 2.58. The topological polar surface area (TPSA) is 64.6 Å². The van der Waals surface area contributed by atoms with Crippen LogP contribution in [0.4, 0.5) is 13.6 Å². The van der Waals surface area contributed by atoms with E-state index < -0.39 is 30.4 Å². The third kappa shape index (κ3) is 7.08. The molecule has 1 amide bonds. The summed E-state index contributed by atoms with van der Waals surface area (Å²) in [4.78, 5) is 23.3. The molecule has 0 aliphatic heterocycles. The molecule has 0 spiro atoms. The first-order valence-electron chi connectivity index (χ1n) is 7.31. The molecule has 1 rings (SSSR count). The van der Waals surface area contributed by atoms with E-state index >= 15 is 0 Å². The maximum Gasteiger partial charge on any atom is 0.408 e. The number of amides is 1. The van der Waals surface area contributed by atoms with Gasteiger partial charge in [-0.05, 0) is 5.56 Å². The van der Waals surface area contributed by atoms with Gasteiger partial charge >= 0.3 is 12.1 Å². The van der Waals surface area contributed by atoms with Gasteiger partial charge < -0.3 is 14.8 Å². The normalized spacial score (nSPS) is 12.3. The Morgan fingerprint density at radius 2 is 1.91 bits per heavy atom. The van der Waals surface area contributed by atoms with Gasteiger partial charge in [0.15, 0.2) is 0 Å². The third-order valence-corrected chi connectivity index (χ3v) is 3.11. The molecule has 1 N–H and O–H groups in total. The maximum atomic E-state index is 13.7. The number of methoxy groups -OCH3 is 1. The lowest BCUT2D eigenvalue weighted by Gasteiger charge is -2.22. The van der Waals surface area contributed by atoms with Crippen LogP contribution < -0.4 is 5.32 Å². The first-order valence-corrected chi connectivity index (χ1v) is 7.31. The molecule has 23 heavy (non-hydrogen) atoms. The van der Waals surface area contributed by atoms with Crippen LogP contribution in [0.1, 0.15) is 31.7 Å². The highest BCUT2D eigenvalue weighted by molar-refractivity contribution is 5.81. The minimum atomic E-state index is -3.07. The molecule has 0 fully saturated rings. The van der Waals surface area contributed by atoms with Crippen molar-refractivity contribution >= 4 is 12.1 Å². The van der Waals surface area contributed by atoms with Crippen LogP contribution in [0.2, 0.25) is 0 Å². The average Bonchev–Trinajstić information content (AvgIpc) is 2.52. The molecule has 1 aromatic carbocycles. The molecule has 0 saturated heterocycles. The molecule has 1 atom stereocenters. The monoisotopic (exact) mass is 329 g/mol. The highest BCUT2D eigenvalue weighted by atomic mass is 19.3. The standard InChI is InChI=1S/C16H21F2NO4/c1-3-9-16(17,18)10-13(14(20)22-2)19-15(21)23-11-12-7-5-4-6-8-12/h4-8,13H,3,9-11H2,1-2H3,(H,19,21)/t13-/m0/s1. The summed E-state index contributed by atoms with van der Waals surface area (Å²) in [5.41, 5.74) is 0.744. The van der Waals surface area contributed by atoms with Gasteiger partial charge in [-0.15, -0.1) is 0 Å². The van der Waals surface area contributed by atoms with Crippen molar-refractivity contribution in [1.82, 2.24) is 5.32 Å². The van der Waals surface area contributed by atoms with E-state index in [4.69, 9.17) is 4.74 Å². The summed E-state index contributed by atoms with van der Waals surface area (Å²) >= 11 is 0. The number of alkyl carbamates (subject to hydrolysis) is 1. The lowest BCUT2D eigenvalue weighted by atomic mass is 10.0. The van der Waals surface area contributed by atoms with Gasteiger partial charge in [0.25, 0.3) is 5.92 Å². The molecular formula is C16H21F2NO4. The van der Waals surface area contributed by atoms with Crippen LogP contribution in [0.25, 0.3) is 0 Å². The van der Waals surface area contributed by atoms with Crippen molar-refractivity contribution in [3.05, 3.63) is 35.9 Å². The Labute approximate surface area is 134 Å². The molecule has 0 bridgehead atoms. The Hall–Kier alpha value is -2.18. The number of halogens is 2. The molecule has 128 valence electrons. The number of rotatable bonds is 8. The summed E-state index contributed by atoms with van der Waals surface area (Å²) in [5, 5.41) is 2.14. The molecule has 0 heterocycles. The highest BCUT2D eigenvalue weighted by Crippen LogP contribution is 2.26. The van der Waals surface area contributed by atoms with E-state index in [1.165, 1.54) is 0 Å². The van der Waals surface area contributed by atoms with Gasteiger partial charge in [-0.3, -0.25) is 0 Å². The molecule has 0 saturated carbocycles. The third-order valence-electron chi connectivity index (χ3n) is 3.11. The van der Waals surface area contributed by atoms with Crippen LogP contribution in [-0.4, -0.2) is 31.1 Å². The Kier molecular flexibility index (Phi) is 7.44. The number of hydrogen-bond donors (Lipinski definition) is 1. The van der Waals surface area contributed by atoms with Gasteiger partial charge in [0, 0.05) is 12.8 Å². The second-order valence-corrected chi connectivity index (χ2v) is 5.09. The van der Waals surface area contributed by atoms with E-state index in [1.54, 1.807) is 31.2 Å². The summed E-state index contributed by atoms with van der Waals surface area (Å²) in [5.74, 6) is -4.00. The van der Waals surface area contributed by atoms with Crippen molar-refractivity contribution in [3.8, 4) is 0 Å². The van der Waals surface area contributed by atoms with E-state index in [0.29, 0.717) is 0 Å². The minimum Gasteiger partial charge on any atom is -0.467 e. The fraction of sp³-hybridized carbons (Fsp3) is 0.500. The van der Waals surface area contributed by atoms with Crippen LogP contribution >= 0.6 is 0 Å². The van der Waals surface area contributed by atoms with Gasteiger partial charge in [-0.25, -0.2) is 18.4 Å². The molecule has 1 aromatic rings. The molecule has 0 radical (unpaired) electrons. The van der Waals surface area contributed by atoms with Crippen LogP contribution in [0.5, 0.6) is 0 Å². The molecule has 5 nitrogen and oxygen atoms in total. The van der Waals surface area contributed by atoms with Crippen LogP contribution in [0.15, 0.2) is 30.3 Å². The molecular weight excluding hydrogens is 308 g/mol. The maximum absolute atomic E-state index is 13.7. The van der Waals surface area contributed by atoms with Gasteiger partial charge in [0.1, 0.15) is 12.6 Å². The number of alkyl halides is 2. The van der Waals surface area contributed by atoms with Gasteiger partial charge in [0.05, 0.1) is 7.11 Å². The van der Waals surface area contributed by atoms with Crippen LogP contribution in [0.3, 0.4) is 0 Å². The van der Waals surface area contributed by atoms with E-state index in [9.17, 15) is 18.4 Å². The van der Waals surface area contributed by atoms with E-state index in [1.807, 2.05) is 6.07 Å². The Morgan fingerprint density at radius 1 is 1.26 bits per heavy atom. The molecule has 0 aliphatic carbocycles. The van der Waals surface area contributed by atoms with Crippen LogP contribution in [0, 0.1) is 0 Å². The lowest BCUT2D eigenvalue weighted by Crippen LogP contribution is -2.45. The SMILES string of the molecule is CCCC(F)(F)C[C@H](NC(=O)OCc1ccccc1)C(=O)OC. The Bertz CT molecular complexity index is 508. The fourth-order valence-corrected chi connectivity index (χ4v) is 2.01. The van der Waals surface area contributed by atoms with E-state index in [-0.39, 0.29) is 19.4 Å². The van der Waals surface area contributed by atoms with Crippen molar-refractivity contribution in [3.63, 3.8) is 0 Å². The van der Waals surface area contributed by atoms with Crippen molar-refractivity contribution in [2.45, 2.75) is 44.8 Å². The smallest absolute Gasteiger partial charge is 0.408 e. The highest BCUT2D eigenvalue weighted by Gasteiger charge is 2.36. The number of nitrogens with one attached hydrogen (secondary N) is 1. The first-order chi connectivity index (χ1) is 10.9. The zero-order valence-corrected chi connectivity index (χ0v) is 13.2. The number of ether oxygens (including phenoxy) is 2. The van der Waals surface area contributed by atoms with Gasteiger partial charge in [-0.1, -0.05) is 43.7 Å². The largest absolute Gasteiger partial charge is 0.467 e. The zero-order valence-electron chi connectivity index (χ0n) is 13.2. The summed E-state index contributed by atoms with van der Waals surface area (Å²) in [6.45, 7) is 1.59. The molecule has 0 unspecified atom stereocenters. The molecule has 7 heteroatoms. The number of esters is 1. The van der Waals surface area contributed by atoms with E-state index in [0.717, 1.165) is 12.7 Å². The van der Waals surface area contributed by atoms with Crippen molar-refractivity contribution in [1.29, 1.82) is 0 Å². The number of benzene rings is 1. The predicted molar refractivity (Wildman–Crippen MR) is 80.0 cm³/mol. The van der Waals surface area contributed by atoms with Crippen LogP contribution in [-0.2, 0) is 20.9 Å². The molecule has 0 aliphatic rings. The van der Waals surface area contributed by atoms with Crippen molar-refractivity contribution in [2.75, 3.05) is 7.11 Å². The quantitative estimate of drug-likeness (QED) is 0.743. The minimum absolute atomic E-state index is 0.0219. The first kappa shape index (κ1) is 18.9. The number of carbonyl (C=O) groups is 2. The van der Waals surface area contributed by atoms with E-state index in [2.05, 4.69) is 10.1 Å². The number of carbonyl (C=O) groups excluding carboxylic acids is 2. The number of hydrogen-bond acceptors (Lipinski definition) is 4. The van der Waals surface area contributed by atoms with Gasteiger partial charge in [0.2, 0.25) is 0 Å².